The first-order valence-electron chi connectivity index (χ1n) is 9.62. The first-order valence-corrected chi connectivity index (χ1v) is 10.00. The third-order valence-electron chi connectivity index (χ3n) is 5.06. The van der Waals surface area contributed by atoms with Gasteiger partial charge in [-0.05, 0) is 26.0 Å². The van der Waals surface area contributed by atoms with Crippen molar-refractivity contribution in [1.82, 2.24) is 24.5 Å². The molecule has 0 N–H and O–H groups in total. The number of hydrogen-bond acceptors (Lipinski definition) is 4. The standard InChI is InChI=1S/C20H26ClN5O2/c1-3-24(4-2)19(27)15-23-9-11-25(12-10-23)20(28)16-13-22-26(14-16)18-8-6-5-7-17(18)21/h5-8,13-14H,3-4,9-12,15H2,1-2H3. The lowest BCUT2D eigenvalue weighted by atomic mass is 10.2. The summed E-state index contributed by atoms with van der Waals surface area (Å²) >= 11 is 6.20. The van der Waals surface area contributed by atoms with Crippen LogP contribution in [-0.2, 0) is 4.79 Å². The number of nitrogens with zero attached hydrogens (tertiary/aromatic N) is 5. The third-order valence-corrected chi connectivity index (χ3v) is 5.38. The Morgan fingerprint density at radius 1 is 1.11 bits per heavy atom. The molecule has 1 saturated heterocycles. The molecule has 0 atom stereocenters. The van der Waals surface area contributed by atoms with Crippen molar-refractivity contribution in [1.29, 1.82) is 0 Å². The van der Waals surface area contributed by atoms with E-state index in [2.05, 4.69) is 10.00 Å². The number of rotatable bonds is 6. The molecule has 2 heterocycles. The second kappa shape index (κ2) is 9.21. The van der Waals surface area contributed by atoms with E-state index in [4.69, 9.17) is 11.6 Å². The van der Waals surface area contributed by atoms with Crippen LogP contribution in [0.15, 0.2) is 36.7 Å². The highest BCUT2D eigenvalue weighted by atomic mass is 35.5. The van der Waals surface area contributed by atoms with Crippen molar-refractivity contribution < 1.29 is 9.59 Å². The molecule has 0 radical (unpaired) electrons. The van der Waals surface area contributed by atoms with Crippen LogP contribution in [-0.4, -0.2) is 82.1 Å². The molecule has 0 saturated carbocycles. The van der Waals surface area contributed by atoms with E-state index >= 15 is 0 Å². The largest absolute Gasteiger partial charge is 0.342 e. The Balaban J connectivity index is 1.57. The van der Waals surface area contributed by atoms with E-state index < -0.39 is 0 Å². The van der Waals surface area contributed by atoms with Crippen LogP contribution in [0, 0.1) is 0 Å². The fraction of sp³-hybridized carbons (Fsp3) is 0.450. The molecular weight excluding hydrogens is 378 g/mol. The van der Waals surface area contributed by atoms with Crippen molar-refractivity contribution in [3.05, 3.63) is 47.2 Å². The van der Waals surface area contributed by atoms with Gasteiger partial charge in [0, 0.05) is 45.5 Å². The van der Waals surface area contributed by atoms with E-state index in [1.165, 1.54) is 0 Å². The average Bonchev–Trinajstić information content (AvgIpc) is 3.19. The van der Waals surface area contributed by atoms with Crippen molar-refractivity contribution in [3.63, 3.8) is 0 Å². The van der Waals surface area contributed by atoms with Crippen LogP contribution in [0.5, 0.6) is 0 Å². The topological polar surface area (TPSA) is 61.7 Å². The molecule has 2 aromatic rings. The van der Waals surface area contributed by atoms with Gasteiger partial charge in [0.05, 0.1) is 29.0 Å². The van der Waals surface area contributed by atoms with Crippen LogP contribution in [0.25, 0.3) is 5.69 Å². The molecule has 0 bridgehead atoms. The summed E-state index contributed by atoms with van der Waals surface area (Å²) in [5.74, 6) is 0.0961. The molecule has 1 aromatic heterocycles. The summed E-state index contributed by atoms with van der Waals surface area (Å²) in [7, 11) is 0. The second-order valence-electron chi connectivity index (χ2n) is 6.76. The Hall–Kier alpha value is -2.38. The molecule has 0 aliphatic carbocycles. The van der Waals surface area contributed by atoms with Gasteiger partial charge in [0.15, 0.2) is 0 Å². The summed E-state index contributed by atoms with van der Waals surface area (Å²) < 4.78 is 1.62. The number of carbonyl (C=O) groups is 2. The van der Waals surface area contributed by atoms with Gasteiger partial charge in [-0.3, -0.25) is 14.5 Å². The summed E-state index contributed by atoms with van der Waals surface area (Å²) in [5.41, 5.74) is 1.27. The Morgan fingerprint density at radius 2 is 1.79 bits per heavy atom. The molecule has 28 heavy (non-hydrogen) atoms. The lowest BCUT2D eigenvalue weighted by Crippen LogP contribution is -2.51. The summed E-state index contributed by atoms with van der Waals surface area (Å²) in [6.45, 7) is 8.42. The average molecular weight is 404 g/mol. The van der Waals surface area contributed by atoms with Gasteiger partial charge in [0.2, 0.25) is 5.91 Å². The predicted octanol–water partition coefficient (Wildman–Crippen LogP) is 2.15. The van der Waals surface area contributed by atoms with Crippen molar-refractivity contribution in [2.75, 3.05) is 45.8 Å². The Labute approximate surface area is 170 Å². The lowest BCUT2D eigenvalue weighted by Gasteiger charge is -2.35. The normalized spacial score (nSPS) is 14.9. The minimum absolute atomic E-state index is 0.0481. The van der Waals surface area contributed by atoms with Crippen LogP contribution in [0.1, 0.15) is 24.2 Å². The number of amides is 2. The van der Waals surface area contributed by atoms with E-state index in [0.717, 1.165) is 18.8 Å². The summed E-state index contributed by atoms with van der Waals surface area (Å²) in [4.78, 5) is 30.8. The van der Waals surface area contributed by atoms with Gasteiger partial charge >= 0.3 is 0 Å². The molecule has 1 aromatic carbocycles. The van der Waals surface area contributed by atoms with Crippen LogP contribution in [0.4, 0.5) is 0 Å². The molecule has 1 aliphatic rings. The van der Waals surface area contributed by atoms with Gasteiger partial charge in [0.25, 0.3) is 5.91 Å². The first kappa shape index (κ1) is 20.4. The van der Waals surface area contributed by atoms with Crippen molar-refractivity contribution >= 4 is 23.4 Å². The van der Waals surface area contributed by atoms with Gasteiger partial charge < -0.3 is 9.80 Å². The lowest BCUT2D eigenvalue weighted by molar-refractivity contribution is -0.132. The number of likely N-dealkylation sites (N-methyl/N-ethyl adjacent to an activating group) is 1. The minimum atomic E-state index is -0.0481. The minimum Gasteiger partial charge on any atom is -0.342 e. The molecule has 3 rings (SSSR count). The SMILES string of the molecule is CCN(CC)C(=O)CN1CCN(C(=O)c2cnn(-c3ccccc3Cl)c2)CC1. The maximum absolute atomic E-state index is 12.8. The number of hydrogen-bond donors (Lipinski definition) is 0. The Bertz CT molecular complexity index is 826. The predicted molar refractivity (Wildman–Crippen MR) is 109 cm³/mol. The molecular formula is C20H26ClN5O2. The smallest absolute Gasteiger partial charge is 0.257 e. The number of para-hydroxylation sites is 1. The number of carbonyl (C=O) groups excluding carboxylic acids is 2. The van der Waals surface area contributed by atoms with E-state index in [9.17, 15) is 9.59 Å². The zero-order valence-electron chi connectivity index (χ0n) is 16.3. The van der Waals surface area contributed by atoms with Gasteiger partial charge in [0.1, 0.15) is 0 Å². The molecule has 0 spiro atoms. The van der Waals surface area contributed by atoms with Crippen LogP contribution < -0.4 is 0 Å². The number of aromatic nitrogens is 2. The molecule has 150 valence electrons. The summed E-state index contributed by atoms with van der Waals surface area (Å²) in [5, 5.41) is 4.86. The Morgan fingerprint density at radius 3 is 2.43 bits per heavy atom. The maximum atomic E-state index is 12.8. The molecule has 1 fully saturated rings. The molecule has 0 unspecified atom stereocenters. The molecule has 7 nitrogen and oxygen atoms in total. The fourth-order valence-electron chi connectivity index (χ4n) is 3.36. The van der Waals surface area contributed by atoms with Crippen molar-refractivity contribution in [2.24, 2.45) is 0 Å². The van der Waals surface area contributed by atoms with E-state index in [1.807, 2.05) is 41.8 Å². The monoisotopic (exact) mass is 403 g/mol. The Kier molecular flexibility index (Phi) is 6.70. The molecule has 8 heteroatoms. The fourth-order valence-corrected chi connectivity index (χ4v) is 3.58. The highest BCUT2D eigenvalue weighted by molar-refractivity contribution is 6.32. The summed E-state index contributed by atoms with van der Waals surface area (Å²) in [6.07, 6.45) is 3.28. The number of benzene rings is 1. The maximum Gasteiger partial charge on any atom is 0.257 e. The first-order chi connectivity index (χ1) is 13.5. The van der Waals surface area contributed by atoms with Gasteiger partial charge in [-0.2, -0.15) is 5.10 Å². The second-order valence-corrected chi connectivity index (χ2v) is 7.17. The zero-order chi connectivity index (χ0) is 20.1. The van der Waals surface area contributed by atoms with Crippen LogP contribution in [0.2, 0.25) is 5.02 Å². The van der Waals surface area contributed by atoms with Crippen LogP contribution in [0.3, 0.4) is 0 Å². The van der Waals surface area contributed by atoms with Gasteiger partial charge in [-0.25, -0.2) is 4.68 Å². The summed E-state index contributed by atoms with van der Waals surface area (Å²) in [6, 6.07) is 7.38. The van der Waals surface area contributed by atoms with Crippen LogP contribution >= 0.6 is 11.6 Å². The van der Waals surface area contributed by atoms with Gasteiger partial charge in [-0.1, -0.05) is 23.7 Å². The van der Waals surface area contributed by atoms with E-state index in [0.29, 0.717) is 43.3 Å². The highest BCUT2D eigenvalue weighted by Gasteiger charge is 2.25. The van der Waals surface area contributed by atoms with Crippen molar-refractivity contribution in [2.45, 2.75) is 13.8 Å². The number of piperazine rings is 1. The zero-order valence-corrected chi connectivity index (χ0v) is 17.1. The molecule has 1 aliphatic heterocycles. The molecule has 2 amide bonds. The highest BCUT2D eigenvalue weighted by Crippen LogP contribution is 2.20. The van der Waals surface area contributed by atoms with Gasteiger partial charge in [-0.15, -0.1) is 0 Å². The quantitative estimate of drug-likeness (QED) is 0.741. The van der Waals surface area contributed by atoms with E-state index in [-0.39, 0.29) is 11.8 Å². The number of halogens is 1. The van der Waals surface area contributed by atoms with Crippen molar-refractivity contribution in [3.8, 4) is 5.69 Å². The third kappa shape index (κ3) is 4.54. The van der Waals surface area contributed by atoms with E-state index in [1.54, 1.807) is 23.1 Å².